The first-order valence-corrected chi connectivity index (χ1v) is 44.8. The minimum absolute atomic E-state index is 0.146. The Morgan fingerprint density at radius 1 is 0.341 bits per heavy atom. The molecule has 0 amide bonds. The van der Waals surface area contributed by atoms with E-state index in [1.54, 1.807) is 74.3 Å². The Morgan fingerprint density at radius 3 is 0.992 bits per heavy atom. The highest BCUT2D eigenvalue weighted by Gasteiger charge is 2.51. The Balaban J connectivity index is 0.000000142. The summed E-state index contributed by atoms with van der Waals surface area (Å²) in [5.74, 6) is -2.49. The fraction of sp³-hybridized carbons (Fsp3) is 0.423. The van der Waals surface area contributed by atoms with E-state index >= 15 is 0 Å². The van der Waals surface area contributed by atoms with E-state index in [1.165, 1.54) is 43.6 Å². The quantitative estimate of drug-likeness (QED) is 0.0517. The number of benzene rings is 8. The van der Waals surface area contributed by atoms with Gasteiger partial charge in [-0.2, -0.15) is 0 Å². The van der Waals surface area contributed by atoms with Crippen molar-refractivity contribution < 1.29 is 113 Å². The number of fused-ring (bicyclic) bond motifs is 8. The third-order valence-corrected chi connectivity index (χ3v) is 27.3. The van der Waals surface area contributed by atoms with E-state index in [1.807, 2.05) is 86.6 Å². The van der Waals surface area contributed by atoms with Crippen LogP contribution in [0.1, 0.15) is 185 Å². The van der Waals surface area contributed by atoms with Crippen LogP contribution >= 0.6 is 0 Å². The molecule has 4 N–H and O–H groups in total. The van der Waals surface area contributed by atoms with Gasteiger partial charge in [0.2, 0.25) is 0 Å². The smallest absolute Gasteiger partial charge is 0.310 e. The lowest BCUT2D eigenvalue weighted by atomic mass is 9.81. The molecular formula is C104H116F6N4O18. The minimum Gasteiger partial charge on any atom is -0.497 e. The molecule has 1 aliphatic carbocycles. The number of rotatable bonds is 20. The molecule has 0 radical (unpaired) electrons. The van der Waals surface area contributed by atoms with Crippen LogP contribution in [-0.4, -0.2) is 185 Å². The number of hydrogen-bond donors (Lipinski definition) is 4. The van der Waals surface area contributed by atoms with Crippen LogP contribution in [0.5, 0.6) is 57.5 Å². The number of aliphatic carboxylic acids is 4. The highest BCUT2D eigenvalue weighted by atomic mass is 19.2. The predicted octanol–water partition coefficient (Wildman–Crippen LogP) is 19.8. The van der Waals surface area contributed by atoms with Gasteiger partial charge in [-0.05, 0) is 234 Å². The number of halogens is 6. The summed E-state index contributed by atoms with van der Waals surface area (Å²) in [7, 11) is 9.33. The second kappa shape index (κ2) is 40.6. The molecule has 132 heavy (non-hydrogen) atoms. The molecule has 0 unspecified atom stereocenters. The summed E-state index contributed by atoms with van der Waals surface area (Å²) in [6, 6.07) is 34.0. The number of methoxy groups -OCH3 is 6. The highest BCUT2D eigenvalue weighted by Crippen LogP contribution is 2.52. The lowest BCUT2D eigenvalue weighted by molar-refractivity contribution is -0.151. The zero-order valence-corrected chi connectivity index (χ0v) is 76.9. The number of carboxylic acid groups (broad SMARTS) is 4. The van der Waals surface area contributed by atoms with Crippen molar-refractivity contribution in [2.24, 2.45) is 21.7 Å². The van der Waals surface area contributed by atoms with Crippen LogP contribution in [0, 0.1) is 56.6 Å². The molecule has 0 atom stereocenters. The first-order chi connectivity index (χ1) is 63.2. The summed E-state index contributed by atoms with van der Waals surface area (Å²) >= 11 is 0. The van der Waals surface area contributed by atoms with Crippen molar-refractivity contribution in [2.45, 2.75) is 145 Å². The Kier molecular flexibility index (Phi) is 29.6. The molecule has 28 heteroatoms. The molecule has 4 saturated heterocycles. The van der Waals surface area contributed by atoms with Crippen molar-refractivity contribution >= 4 is 46.2 Å². The molecule has 8 aromatic carbocycles. The summed E-state index contributed by atoms with van der Waals surface area (Å²) in [5.41, 5.74) is 15.4. The van der Waals surface area contributed by atoms with Crippen molar-refractivity contribution in [3.05, 3.63) is 245 Å². The van der Waals surface area contributed by atoms with E-state index in [-0.39, 0.29) is 24.7 Å². The second-order valence-corrected chi connectivity index (χ2v) is 36.5. The molecule has 17 rings (SSSR count). The topological polar surface area (TPSA) is 254 Å². The largest absolute Gasteiger partial charge is 0.497 e. The standard InChI is InChI=1S/C28H34FNO5.C26H30FNO5.C25H25F2NO4.C25H27F2NO4/c1-5-28(6-2,27(31)32)17-30-11-9-18(10-12-30)26-21-15-23(29)25(34-4)13-19(21)16-35-24-8-7-20(33-3)14-22(24)26;1-26(2,25(29)30)15-28-9-7-16(8-10-28)24-19-6-5-18(31-3)11-17(19)14-33-22-13-23(32-4)21(27)12-20(22)24;1-31-17-2-3-18-16(10-17)13-32-22-12-21(27)20(26)11-19(22)23(18)15-4-8-28(9-5-15)14-25(6-7-25)24(29)30;1-25(2,24(29)30)14-28-8-6-15(7-9-28)23-18-5-4-17(31-3)10-16(18)13-32-22-12-21(27)20(26)11-19(22)23/h7-8,13-15H,5-6,9-12,16-17H2,1-4H3,(H,31,32);5-6,11-13H,7-10,14-15H2,1-4H3,(H,29,30);2-3,10-12H,4-9,13-14H2,1H3,(H,29,30);4-5,10-12H,6-9,13-14H2,1-3H3,(H,29,30). The summed E-state index contributed by atoms with van der Waals surface area (Å²) < 4.78 is 142. The number of hydrogen-bond acceptors (Lipinski definition) is 18. The van der Waals surface area contributed by atoms with Crippen molar-refractivity contribution in [2.75, 3.05) is 121 Å². The third kappa shape index (κ3) is 20.8. The first-order valence-electron chi connectivity index (χ1n) is 44.8. The fourth-order valence-electron chi connectivity index (χ4n) is 19.1. The lowest BCUT2D eigenvalue weighted by Crippen LogP contribution is -2.44. The maximum absolute atomic E-state index is 14.9. The Labute approximate surface area is 765 Å². The van der Waals surface area contributed by atoms with Crippen LogP contribution in [-0.2, 0) is 45.6 Å². The highest BCUT2D eigenvalue weighted by molar-refractivity contribution is 5.92. The molecule has 5 fully saturated rings. The predicted molar refractivity (Wildman–Crippen MR) is 487 cm³/mol. The van der Waals surface area contributed by atoms with E-state index in [0.29, 0.717) is 129 Å². The molecule has 702 valence electrons. The zero-order chi connectivity index (χ0) is 94.4. The van der Waals surface area contributed by atoms with Gasteiger partial charge in [0.15, 0.2) is 46.4 Å². The SMILES string of the molecule is CCC(CC)(CN1CCC(=C2c3cc(F)c(OC)cc3COc3ccc(OC)cc32)CC1)C(=O)O.COc1ccc2c(c1)COc1cc(F)c(F)cc1C2=C1CCN(CC(C)(C)C(=O)O)CC1.COc1ccc2c(c1)COc1cc(F)c(F)cc1C2=C1CCN(CC2(C(=O)O)CC2)CC1.COc1ccc2c(c1)COc1cc(OC)c(F)cc1C2=C1CCN(CC(C)(C)C(=O)O)CC1. The molecular weight excluding hydrogens is 1710 g/mol. The van der Waals surface area contributed by atoms with Gasteiger partial charge >= 0.3 is 23.9 Å². The van der Waals surface area contributed by atoms with Crippen molar-refractivity contribution in [1.82, 2.24) is 19.6 Å². The van der Waals surface area contributed by atoms with Gasteiger partial charge in [0.05, 0.1) is 64.3 Å². The van der Waals surface area contributed by atoms with Crippen LogP contribution in [0.4, 0.5) is 26.3 Å². The van der Waals surface area contributed by atoms with Crippen LogP contribution < -0.4 is 47.4 Å². The molecule has 8 aliphatic heterocycles. The van der Waals surface area contributed by atoms with Gasteiger partial charge in [-0.25, -0.2) is 26.3 Å². The normalized spacial score (nSPS) is 17.1. The molecule has 0 aromatic heterocycles. The van der Waals surface area contributed by atoms with E-state index in [4.69, 9.17) is 47.4 Å². The average Bonchev–Trinajstić information content (AvgIpc) is 1.55. The van der Waals surface area contributed by atoms with Gasteiger partial charge in [0, 0.05) is 141 Å². The van der Waals surface area contributed by atoms with Crippen LogP contribution in [0.3, 0.4) is 0 Å². The number of ether oxygens (including phenoxy) is 10. The maximum atomic E-state index is 14.9. The molecule has 0 spiro atoms. The fourth-order valence-corrected chi connectivity index (χ4v) is 19.1. The summed E-state index contributed by atoms with van der Waals surface area (Å²) in [5, 5.41) is 38.3. The van der Waals surface area contributed by atoms with E-state index in [2.05, 4.69) is 19.6 Å². The molecule has 22 nitrogen and oxygen atoms in total. The average molecular weight is 1820 g/mol. The van der Waals surface area contributed by atoms with Gasteiger partial charge in [0.25, 0.3) is 0 Å². The molecule has 0 bridgehead atoms. The summed E-state index contributed by atoms with van der Waals surface area (Å²) in [6.07, 6.45) is 8.60. The van der Waals surface area contributed by atoms with E-state index in [0.717, 1.165) is 198 Å². The number of piperidine rings is 4. The minimum atomic E-state index is -0.942. The first kappa shape index (κ1) is 96.1. The van der Waals surface area contributed by atoms with E-state index in [9.17, 15) is 65.9 Å². The maximum Gasteiger partial charge on any atom is 0.310 e. The monoisotopic (exact) mass is 1820 g/mol. The van der Waals surface area contributed by atoms with Gasteiger partial charge < -0.3 is 87.4 Å². The van der Waals surface area contributed by atoms with Gasteiger partial charge in [-0.1, -0.05) is 54.3 Å². The lowest BCUT2D eigenvalue weighted by Gasteiger charge is -2.37. The zero-order valence-electron chi connectivity index (χ0n) is 76.9. The third-order valence-electron chi connectivity index (χ3n) is 27.3. The molecule has 1 saturated carbocycles. The van der Waals surface area contributed by atoms with Gasteiger partial charge in [-0.15, -0.1) is 0 Å². The van der Waals surface area contributed by atoms with Crippen LogP contribution in [0.15, 0.2) is 144 Å². The molecule has 8 aromatic rings. The van der Waals surface area contributed by atoms with Crippen LogP contribution in [0.25, 0.3) is 22.3 Å². The number of nitrogens with zero attached hydrogens (tertiary/aromatic N) is 4. The van der Waals surface area contributed by atoms with Crippen molar-refractivity contribution in [1.29, 1.82) is 0 Å². The summed E-state index contributed by atoms with van der Waals surface area (Å²) in [6.45, 7) is 19.9. The Bertz CT molecular complexity index is 5670. The summed E-state index contributed by atoms with van der Waals surface area (Å²) in [4.78, 5) is 55.4. The number of likely N-dealkylation sites (tertiary alicyclic amines) is 4. The number of carbonyl (C=O) groups is 4. The van der Waals surface area contributed by atoms with Gasteiger partial charge in [-0.3, -0.25) is 19.2 Å². The van der Waals surface area contributed by atoms with Crippen molar-refractivity contribution in [3.8, 4) is 57.5 Å². The Morgan fingerprint density at radius 2 is 0.644 bits per heavy atom. The van der Waals surface area contributed by atoms with Gasteiger partial charge in [0.1, 0.15) is 72.4 Å². The Hall–Kier alpha value is -12.0. The second-order valence-electron chi connectivity index (χ2n) is 36.5. The molecule has 9 aliphatic rings. The molecule has 8 heterocycles. The van der Waals surface area contributed by atoms with Crippen LogP contribution in [0.2, 0.25) is 0 Å². The van der Waals surface area contributed by atoms with Crippen molar-refractivity contribution in [3.63, 3.8) is 0 Å². The van der Waals surface area contributed by atoms with E-state index < -0.39 is 80.4 Å². The number of carboxylic acids is 4.